The molecule has 1 aromatic rings. The summed E-state index contributed by atoms with van der Waals surface area (Å²) in [5, 5.41) is 20.0. The standard InChI is InChI=1S/C17H23N3O7/c1-27-17(26)13(20-16(25)12(19)8-21)6-9-2-4-10(5-3-9)15(24)11(18)7-14(22)23/h2-5,11-13,21H,6-8,18-19H2,1H3,(H,20,25)(H,22,23)/t11-,12+,13-/m0/s1. The number of carbonyl (C=O) groups excluding carboxylic acids is 3. The van der Waals surface area contributed by atoms with Gasteiger partial charge in [-0.15, -0.1) is 0 Å². The molecule has 0 spiro atoms. The number of hydrogen-bond donors (Lipinski definition) is 5. The van der Waals surface area contributed by atoms with Gasteiger partial charge < -0.3 is 31.7 Å². The van der Waals surface area contributed by atoms with Crippen LogP contribution in [0.3, 0.4) is 0 Å². The van der Waals surface area contributed by atoms with Gasteiger partial charge in [-0.25, -0.2) is 4.79 Å². The lowest BCUT2D eigenvalue weighted by molar-refractivity contribution is -0.145. The van der Waals surface area contributed by atoms with Crippen LogP contribution in [0.25, 0.3) is 0 Å². The van der Waals surface area contributed by atoms with E-state index in [0.29, 0.717) is 5.56 Å². The molecule has 1 aromatic carbocycles. The Kier molecular flexibility index (Phi) is 8.52. The van der Waals surface area contributed by atoms with Gasteiger partial charge in [-0.2, -0.15) is 0 Å². The normalized spacial score (nSPS) is 13.9. The molecule has 1 amide bonds. The molecule has 1 rings (SSSR count). The molecule has 10 nitrogen and oxygen atoms in total. The molecule has 0 bridgehead atoms. The first-order valence-electron chi connectivity index (χ1n) is 8.04. The predicted octanol–water partition coefficient (Wildman–Crippen LogP) is -1.81. The molecule has 0 heterocycles. The lowest BCUT2D eigenvalue weighted by atomic mass is 9.99. The van der Waals surface area contributed by atoms with Crippen LogP contribution in [0.1, 0.15) is 22.3 Å². The molecule has 0 fully saturated rings. The van der Waals surface area contributed by atoms with Crippen molar-refractivity contribution in [1.29, 1.82) is 0 Å². The summed E-state index contributed by atoms with van der Waals surface area (Å²) in [4.78, 5) is 46.4. The molecule has 0 saturated carbocycles. The van der Waals surface area contributed by atoms with Crippen molar-refractivity contribution in [3.05, 3.63) is 35.4 Å². The molecular weight excluding hydrogens is 358 g/mol. The molecule has 0 aliphatic carbocycles. The highest BCUT2D eigenvalue weighted by Crippen LogP contribution is 2.11. The van der Waals surface area contributed by atoms with Crippen LogP contribution in [0.15, 0.2) is 24.3 Å². The Balaban J connectivity index is 2.85. The Morgan fingerprint density at radius 2 is 1.70 bits per heavy atom. The molecule has 0 unspecified atom stereocenters. The highest BCUT2D eigenvalue weighted by atomic mass is 16.5. The Morgan fingerprint density at radius 1 is 1.11 bits per heavy atom. The Morgan fingerprint density at radius 3 is 2.19 bits per heavy atom. The second-order valence-electron chi connectivity index (χ2n) is 5.84. The van der Waals surface area contributed by atoms with Crippen LogP contribution in [0.5, 0.6) is 0 Å². The van der Waals surface area contributed by atoms with Crippen molar-refractivity contribution < 1.29 is 34.1 Å². The Bertz CT molecular complexity index is 690. The van der Waals surface area contributed by atoms with Gasteiger partial charge in [-0.3, -0.25) is 14.4 Å². The van der Waals surface area contributed by atoms with Crippen LogP contribution in [0.2, 0.25) is 0 Å². The number of amides is 1. The molecule has 3 atom stereocenters. The van der Waals surface area contributed by atoms with Crippen LogP contribution < -0.4 is 16.8 Å². The number of carbonyl (C=O) groups is 4. The van der Waals surface area contributed by atoms with Gasteiger partial charge in [0.25, 0.3) is 0 Å². The number of methoxy groups -OCH3 is 1. The second kappa shape index (κ2) is 10.4. The third-order valence-corrected chi connectivity index (χ3v) is 3.75. The summed E-state index contributed by atoms with van der Waals surface area (Å²) in [5.41, 5.74) is 11.8. The van der Waals surface area contributed by atoms with Crippen molar-refractivity contribution in [3.63, 3.8) is 0 Å². The highest BCUT2D eigenvalue weighted by Gasteiger charge is 2.25. The van der Waals surface area contributed by atoms with E-state index in [1.807, 2.05) is 0 Å². The Hall–Kier alpha value is -2.82. The fourth-order valence-electron chi connectivity index (χ4n) is 2.23. The van der Waals surface area contributed by atoms with E-state index < -0.39 is 54.8 Å². The van der Waals surface area contributed by atoms with E-state index in [2.05, 4.69) is 10.1 Å². The van der Waals surface area contributed by atoms with Crippen molar-refractivity contribution in [2.75, 3.05) is 13.7 Å². The number of ether oxygens (including phenoxy) is 1. The van der Waals surface area contributed by atoms with Crippen LogP contribution in [0.4, 0.5) is 0 Å². The fourth-order valence-corrected chi connectivity index (χ4v) is 2.23. The van der Waals surface area contributed by atoms with Crippen molar-refractivity contribution in [3.8, 4) is 0 Å². The monoisotopic (exact) mass is 381 g/mol. The summed E-state index contributed by atoms with van der Waals surface area (Å²) in [7, 11) is 1.17. The van der Waals surface area contributed by atoms with Crippen LogP contribution in [0, 0.1) is 0 Å². The topological polar surface area (TPSA) is 182 Å². The lowest BCUT2D eigenvalue weighted by Crippen LogP contribution is -2.50. The highest BCUT2D eigenvalue weighted by molar-refractivity contribution is 6.01. The number of aliphatic carboxylic acids is 1. The predicted molar refractivity (Wildman–Crippen MR) is 93.7 cm³/mol. The van der Waals surface area contributed by atoms with Crippen LogP contribution in [-0.2, 0) is 25.5 Å². The molecule has 0 saturated heterocycles. The van der Waals surface area contributed by atoms with Crippen LogP contribution >= 0.6 is 0 Å². The largest absolute Gasteiger partial charge is 0.481 e. The number of carboxylic acids is 1. The van der Waals surface area contributed by atoms with E-state index in [1.165, 1.54) is 19.2 Å². The average Bonchev–Trinajstić information content (AvgIpc) is 2.65. The third-order valence-electron chi connectivity index (χ3n) is 3.75. The van der Waals surface area contributed by atoms with Gasteiger partial charge in [0.15, 0.2) is 5.78 Å². The zero-order chi connectivity index (χ0) is 20.6. The van der Waals surface area contributed by atoms with Gasteiger partial charge in [0.2, 0.25) is 5.91 Å². The smallest absolute Gasteiger partial charge is 0.328 e. The van der Waals surface area contributed by atoms with Crippen molar-refractivity contribution in [2.24, 2.45) is 11.5 Å². The lowest BCUT2D eigenvalue weighted by Gasteiger charge is -2.18. The molecule has 7 N–H and O–H groups in total. The summed E-state index contributed by atoms with van der Waals surface area (Å²) in [6.45, 7) is -0.576. The summed E-state index contributed by atoms with van der Waals surface area (Å²) in [6, 6.07) is 2.65. The number of benzene rings is 1. The van der Waals surface area contributed by atoms with Crippen molar-refractivity contribution >= 4 is 23.6 Å². The SMILES string of the molecule is COC(=O)[C@H](Cc1ccc(C(=O)[C@@H](N)CC(=O)O)cc1)NC(=O)[C@H](N)CO. The molecule has 148 valence electrons. The van der Waals surface area contributed by atoms with E-state index in [-0.39, 0.29) is 12.0 Å². The first-order valence-corrected chi connectivity index (χ1v) is 8.04. The molecule has 0 aromatic heterocycles. The second-order valence-corrected chi connectivity index (χ2v) is 5.84. The zero-order valence-electron chi connectivity index (χ0n) is 14.8. The maximum absolute atomic E-state index is 12.1. The molecular formula is C17H23N3O7. The van der Waals surface area contributed by atoms with E-state index in [4.69, 9.17) is 21.7 Å². The van der Waals surface area contributed by atoms with Crippen LogP contribution in [-0.4, -0.2) is 65.7 Å². The van der Waals surface area contributed by atoms with Crippen molar-refractivity contribution in [1.82, 2.24) is 5.32 Å². The number of aliphatic hydroxyl groups is 1. The van der Waals surface area contributed by atoms with E-state index in [0.717, 1.165) is 0 Å². The van der Waals surface area contributed by atoms with E-state index in [1.54, 1.807) is 12.1 Å². The quantitative estimate of drug-likeness (QED) is 0.230. The minimum atomic E-state index is -1.18. The number of esters is 1. The number of nitrogens with two attached hydrogens (primary N) is 2. The fraction of sp³-hybridized carbons (Fsp3) is 0.412. The zero-order valence-corrected chi connectivity index (χ0v) is 14.8. The molecule has 0 aliphatic heterocycles. The van der Waals surface area contributed by atoms with Gasteiger partial charge in [-0.1, -0.05) is 24.3 Å². The van der Waals surface area contributed by atoms with E-state index >= 15 is 0 Å². The van der Waals surface area contributed by atoms with Gasteiger partial charge in [-0.05, 0) is 5.56 Å². The van der Waals surface area contributed by atoms with Gasteiger partial charge in [0.1, 0.15) is 12.1 Å². The van der Waals surface area contributed by atoms with Crippen molar-refractivity contribution in [2.45, 2.75) is 31.0 Å². The molecule has 10 heteroatoms. The van der Waals surface area contributed by atoms with Gasteiger partial charge in [0.05, 0.1) is 26.2 Å². The number of Topliss-reactive ketones (excluding diaryl/α,β-unsaturated/α-hetero) is 1. The summed E-state index contributed by atoms with van der Waals surface area (Å²) < 4.78 is 4.65. The Labute approximate surface area is 155 Å². The first kappa shape index (κ1) is 22.2. The number of ketones is 1. The number of rotatable bonds is 10. The number of carboxylic acid groups (broad SMARTS) is 1. The first-order chi connectivity index (χ1) is 12.7. The summed E-state index contributed by atoms with van der Waals surface area (Å²) >= 11 is 0. The molecule has 0 aliphatic rings. The van der Waals surface area contributed by atoms with E-state index in [9.17, 15) is 19.2 Å². The minimum absolute atomic E-state index is 0.0617. The maximum Gasteiger partial charge on any atom is 0.328 e. The third kappa shape index (κ3) is 6.77. The van der Waals surface area contributed by atoms with Gasteiger partial charge >= 0.3 is 11.9 Å². The van der Waals surface area contributed by atoms with Gasteiger partial charge in [0, 0.05) is 12.0 Å². The maximum atomic E-state index is 12.1. The number of nitrogens with one attached hydrogen (secondary N) is 1. The summed E-state index contributed by atoms with van der Waals surface area (Å²) in [5.74, 6) is -3.10. The summed E-state index contributed by atoms with van der Waals surface area (Å²) in [6.07, 6.45) is -0.422. The molecule has 0 radical (unpaired) electrons. The number of aliphatic hydroxyl groups excluding tert-OH is 1. The number of hydrogen-bond acceptors (Lipinski definition) is 8. The molecule has 27 heavy (non-hydrogen) atoms. The average molecular weight is 381 g/mol. The minimum Gasteiger partial charge on any atom is -0.481 e.